The molecule has 7 nitrogen and oxygen atoms in total. The molecule has 2 bridgehead atoms. The number of hydrazone groups is 1. The first-order valence-electron chi connectivity index (χ1n) is 10.2. The molecule has 7 rings (SSSR count). The molecule has 31 heavy (non-hydrogen) atoms. The van der Waals surface area contributed by atoms with Crippen LogP contribution >= 0.6 is 0 Å². The molecule has 1 unspecified atom stereocenters. The number of aromatic nitrogens is 3. The summed E-state index contributed by atoms with van der Waals surface area (Å²) in [6.07, 6.45) is 9.60. The van der Waals surface area contributed by atoms with Crippen molar-refractivity contribution in [1.82, 2.24) is 19.2 Å². The van der Waals surface area contributed by atoms with Gasteiger partial charge < -0.3 is 4.57 Å². The molecule has 1 amide bonds. The van der Waals surface area contributed by atoms with Crippen molar-refractivity contribution in [3.8, 4) is 6.07 Å². The number of nitrogens with zero attached hydrogens (tertiary/aromatic N) is 6. The number of fused-ring (bicyclic) bond motifs is 1. The van der Waals surface area contributed by atoms with Gasteiger partial charge in [-0.15, -0.1) is 0 Å². The van der Waals surface area contributed by atoms with Crippen LogP contribution in [0.25, 0.3) is 5.65 Å². The van der Waals surface area contributed by atoms with Gasteiger partial charge in [-0.25, -0.2) is 18.3 Å². The van der Waals surface area contributed by atoms with Crippen molar-refractivity contribution in [3.05, 3.63) is 59.6 Å². The Hall–Kier alpha value is -3.54. The molecule has 4 aliphatic rings. The number of carbonyl (C=O) groups excluding carboxylic acids is 1. The quantitative estimate of drug-likeness (QED) is 0.649. The second-order valence-corrected chi connectivity index (χ2v) is 9.08. The predicted octanol–water partition coefficient (Wildman–Crippen LogP) is 3.42. The molecular weight excluding hydrogens is 402 g/mol. The Morgan fingerprint density at radius 3 is 2.65 bits per heavy atom. The molecule has 0 spiro atoms. The van der Waals surface area contributed by atoms with Gasteiger partial charge in [-0.2, -0.15) is 15.5 Å². The average Bonchev–Trinajstić information content (AvgIpc) is 3.38. The summed E-state index contributed by atoms with van der Waals surface area (Å²) in [7, 11) is 0. The molecule has 1 aliphatic heterocycles. The largest absolute Gasteiger partial charge is 0.330 e. The summed E-state index contributed by atoms with van der Waals surface area (Å²) in [4.78, 5) is 13.3. The number of carbonyl (C=O) groups is 1. The third-order valence-electron chi connectivity index (χ3n) is 6.96. The van der Waals surface area contributed by atoms with Gasteiger partial charge in [0, 0.05) is 37.6 Å². The van der Waals surface area contributed by atoms with E-state index in [1.54, 1.807) is 16.9 Å². The molecule has 0 saturated heterocycles. The van der Waals surface area contributed by atoms with Crippen LogP contribution in [0, 0.1) is 33.8 Å². The Labute approximate surface area is 176 Å². The fourth-order valence-corrected chi connectivity index (χ4v) is 5.82. The number of amides is 1. The van der Waals surface area contributed by atoms with Gasteiger partial charge in [0.1, 0.15) is 23.3 Å². The van der Waals surface area contributed by atoms with E-state index in [1.165, 1.54) is 17.1 Å². The van der Waals surface area contributed by atoms with Crippen molar-refractivity contribution in [1.29, 1.82) is 5.26 Å². The third-order valence-corrected chi connectivity index (χ3v) is 6.96. The number of imidazole rings is 1. The van der Waals surface area contributed by atoms with Crippen molar-refractivity contribution in [3.63, 3.8) is 0 Å². The van der Waals surface area contributed by atoms with Gasteiger partial charge in [-0.3, -0.25) is 4.79 Å². The summed E-state index contributed by atoms with van der Waals surface area (Å²) >= 11 is 0. The standard InChI is InChI=1S/C22H18F2N6O/c23-16-5-14(6-17(24)7-16)18-1-2-26-30(18)20(31)22-10-21(11-22,12-22)13-28-3-4-29-19(28)15(8-25)9-27-29/h2-7,9,18H,1,10-13H2. The van der Waals surface area contributed by atoms with E-state index in [0.29, 0.717) is 17.5 Å². The van der Waals surface area contributed by atoms with Gasteiger partial charge in [0.2, 0.25) is 5.91 Å². The Bertz CT molecular complexity index is 1280. The fraction of sp³-hybridized carbons (Fsp3) is 0.364. The lowest BCUT2D eigenvalue weighted by Gasteiger charge is -2.70. The van der Waals surface area contributed by atoms with Crippen molar-refractivity contribution < 1.29 is 13.6 Å². The summed E-state index contributed by atoms with van der Waals surface area (Å²) in [5, 5.41) is 19.1. The smallest absolute Gasteiger partial charge is 0.249 e. The maximum atomic E-state index is 13.7. The Kier molecular flexibility index (Phi) is 3.53. The zero-order valence-corrected chi connectivity index (χ0v) is 16.5. The second-order valence-electron chi connectivity index (χ2n) is 9.08. The molecule has 3 saturated carbocycles. The summed E-state index contributed by atoms with van der Waals surface area (Å²) in [5.41, 5.74) is 1.29. The lowest BCUT2D eigenvalue weighted by atomic mass is 9.34. The zero-order valence-electron chi connectivity index (χ0n) is 16.5. The highest BCUT2D eigenvalue weighted by atomic mass is 19.1. The Morgan fingerprint density at radius 1 is 1.19 bits per heavy atom. The molecule has 3 aromatic rings. The molecule has 156 valence electrons. The number of benzene rings is 1. The van der Waals surface area contributed by atoms with Crippen LogP contribution < -0.4 is 0 Å². The van der Waals surface area contributed by atoms with Crippen molar-refractivity contribution >= 4 is 17.8 Å². The highest BCUT2D eigenvalue weighted by molar-refractivity contribution is 5.88. The molecule has 1 atom stereocenters. The number of nitriles is 1. The van der Waals surface area contributed by atoms with Gasteiger partial charge in [0.25, 0.3) is 0 Å². The zero-order chi connectivity index (χ0) is 21.4. The minimum absolute atomic E-state index is 0.0239. The summed E-state index contributed by atoms with van der Waals surface area (Å²) in [6.45, 7) is 0.723. The normalized spacial score (nSPS) is 28.4. The summed E-state index contributed by atoms with van der Waals surface area (Å²) in [5.74, 6) is -1.39. The molecule has 1 aromatic carbocycles. The number of hydrogen-bond donors (Lipinski definition) is 0. The van der Waals surface area contributed by atoms with E-state index in [-0.39, 0.29) is 11.3 Å². The maximum Gasteiger partial charge on any atom is 0.249 e. The minimum atomic E-state index is -0.659. The van der Waals surface area contributed by atoms with E-state index >= 15 is 0 Å². The number of halogens is 2. The first kappa shape index (κ1) is 18.2. The molecule has 9 heteroatoms. The van der Waals surface area contributed by atoms with E-state index in [4.69, 9.17) is 0 Å². The molecule has 3 fully saturated rings. The second kappa shape index (κ2) is 6.00. The van der Waals surface area contributed by atoms with Crippen molar-refractivity contribution in [2.75, 3.05) is 0 Å². The van der Waals surface area contributed by atoms with Crippen LogP contribution in [0.1, 0.15) is 42.9 Å². The topological polar surface area (TPSA) is 78.7 Å². The van der Waals surface area contributed by atoms with Gasteiger partial charge in [-0.05, 0) is 42.4 Å². The van der Waals surface area contributed by atoms with Crippen LogP contribution in [0.15, 0.2) is 41.9 Å². The van der Waals surface area contributed by atoms with E-state index in [9.17, 15) is 18.8 Å². The van der Waals surface area contributed by atoms with Crippen molar-refractivity contribution in [2.45, 2.75) is 38.3 Å². The van der Waals surface area contributed by atoms with Gasteiger partial charge in [-0.1, -0.05) is 0 Å². The summed E-state index contributed by atoms with van der Waals surface area (Å²) in [6, 6.07) is 5.05. The minimum Gasteiger partial charge on any atom is -0.330 e. The molecular formula is C22H18F2N6O. The van der Waals surface area contributed by atoms with Crippen LogP contribution in [-0.2, 0) is 11.3 Å². The molecule has 3 heterocycles. The highest BCUT2D eigenvalue weighted by Gasteiger charge is 2.72. The van der Waals surface area contributed by atoms with Crippen molar-refractivity contribution in [2.24, 2.45) is 15.9 Å². The predicted molar refractivity (Wildman–Crippen MR) is 106 cm³/mol. The molecule has 2 aromatic heterocycles. The first-order valence-corrected chi connectivity index (χ1v) is 10.2. The maximum absolute atomic E-state index is 13.7. The van der Waals surface area contributed by atoms with Gasteiger partial charge in [0.05, 0.1) is 17.7 Å². The fourth-order valence-electron chi connectivity index (χ4n) is 5.82. The average molecular weight is 420 g/mol. The van der Waals surface area contributed by atoms with E-state index in [0.717, 1.165) is 37.5 Å². The Morgan fingerprint density at radius 2 is 1.94 bits per heavy atom. The van der Waals surface area contributed by atoms with Crippen LogP contribution in [-0.4, -0.2) is 31.3 Å². The monoisotopic (exact) mass is 420 g/mol. The molecule has 0 N–H and O–H groups in total. The molecule has 0 radical (unpaired) electrons. The van der Waals surface area contributed by atoms with Gasteiger partial charge >= 0.3 is 0 Å². The van der Waals surface area contributed by atoms with Crippen LogP contribution in [0.2, 0.25) is 0 Å². The van der Waals surface area contributed by atoms with Crippen LogP contribution in [0.4, 0.5) is 8.78 Å². The third kappa shape index (κ3) is 2.51. The highest BCUT2D eigenvalue weighted by Crippen LogP contribution is 2.74. The lowest BCUT2D eigenvalue weighted by molar-refractivity contribution is -0.222. The number of hydrogen-bond acceptors (Lipinski definition) is 4. The van der Waals surface area contributed by atoms with E-state index < -0.39 is 23.1 Å². The lowest BCUT2D eigenvalue weighted by Crippen LogP contribution is -2.68. The Balaban J connectivity index is 1.19. The van der Waals surface area contributed by atoms with E-state index in [2.05, 4.69) is 16.3 Å². The van der Waals surface area contributed by atoms with Gasteiger partial charge in [0.15, 0.2) is 5.65 Å². The summed E-state index contributed by atoms with van der Waals surface area (Å²) < 4.78 is 31.1. The van der Waals surface area contributed by atoms with Crippen LogP contribution in [0.5, 0.6) is 0 Å². The van der Waals surface area contributed by atoms with E-state index in [1.807, 2.05) is 17.0 Å². The first-order chi connectivity index (χ1) is 14.9. The van der Waals surface area contributed by atoms with Crippen LogP contribution in [0.3, 0.4) is 0 Å². The number of rotatable bonds is 4. The molecule has 3 aliphatic carbocycles. The SMILES string of the molecule is N#Cc1cnn2ccn(CC34CC(C(=O)N5N=CCC5c5cc(F)cc(F)c5)(C3)C4)c12.